The van der Waals surface area contributed by atoms with Gasteiger partial charge in [-0.25, -0.2) is 8.78 Å². The van der Waals surface area contributed by atoms with Gasteiger partial charge in [-0.05, 0) is 83.3 Å². The molecule has 0 N–H and O–H groups in total. The second-order valence-corrected chi connectivity index (χ2v) is 13.6. The predicted octanol–water partition coefficient (Wildman–Crippen LogP) is 13.5. The quantitative estimate of drug-likeness (QED) is 0.171. The highest BCUT2D eigenvalue weighted by atomic mass is 19.1. The molecule has 0 atom stereocenters. The molecule has 0 aliphatic rings. The maximum Gasteiger partial charge on any atom is 0.134 e. The minimum absolute atomic E-state index is 0.0455. The Balaban J connectivity index is 1.34. The normalized spacial score (nSPS) is 11.7. The van der Waals surface area contributed by atoms with Gasteiger partial charge in [0.1, 0.15) is 11.6 Å². The summed E-state index contributed by atoms with van der Waals surface area (Å²) in [5.74, 6) is -1.21. The van der Waals surface area contributed by atoms with Gasteiger partial charge in [-0.1, -0.05) is 127 Å². The van der Waals surface area contributed by atoms with E-state index in [2.05, 4.69) is 125 Å². The van der Waals surface area contributed by atoms with Crippen LogP contribution in [0.1, 0.15) is 5.56 Å². The number of para-hydroxylation sites is 2. The second-order valence-electron chi connectivity index (χ2n) is 13.6. The molecule has 10 rings (SSSR count). The maximum atomic E-state index is 15.9. The summed E-state index contributed by atoms with van der Waals surface area (Å²) in [6, 6.07) is 58.6. The first kappa shape index (κ1) is 31.0. The van der Waals surface area contributed by atoms with Crippen molar-refractivity contribution in [2.24, 2.45) is 0 Å². The van der Waals surface area contributed by atoms with Crippen LogP contribution in [-0.2, 0) is 0 Å². The van der Waals surface area contributed by atoms with Crippen LogP contribution in [0.3, 0.4) is 0 Å². The van der Waals surface area contributed by atoms with Crippen molar-refractivity contribution in [2.75, 3.05) is 0 Å². The topological polar surface area (TPSA) is 9.86 Å². The molecule has 0 unspecified atom stereocenters. The smallest absolute Gasteiger partial charge is 0.134 e. The van der Waals surface area contributed by atoms with Crippen molar-refractivity contribution >= 4 is 43.6 Å². The van der Waals surface area contributed by atoms with Gasteiger partial charge in [-0.15, -0.1) is 0 Å². The van der Waals surface area contributed by atoms with Gasteiger partial charge in [-0.2, -0.15) is 0 Å². The number of rotatable bonds is 5. The molecule has 0 aliphatic carbocycles. The van der Waals surface area contributed by atoms with E-state index in [0.717, 1.165) is 82.8 Å². The Morgan fingerprint density at radius 2 is 0.849 bits per heavy atom. The molecular weight excluding hydrogens is 655 g/mol. The Labute approximate surface area is 305 Å². The lowest BCUT2D eigenvalue weighted by atomic mass is 9.97. The van der Waals surface area contributed by atoms with Crippen molar-refractivity contribution in [3.05, 3.63) is 193 Å². The first-order chi connectivity index (χ1) is 26.1. The zero-order valence-electron chi connectivity index (χ0n) is 28.9. The number of benzene rings is 8. The molecule has 4 heteroatoms. The Kier molecular flexibility index (Phi) is 7.12. The molecule has 0 saturated heterocycles. The molecule has 2 heterocycles. The third-order valence-corrected chi connectivity index (χ3v) is 10.7. The number of halogens is 2. The Morgan fingerprint density at radius 3 is 1.42 bits per heavy atom. The second kappa shape index (κ2) is 12.2. The molecule has 0 fully saturated rings. The summed E-state index contributed by atoms with van der Waals surface area (Å²) in [4.78, 5) is 0. The average molecular weight is 687 g/mol. The standard InChI is InChI=1S/C49H32F2N2/c1-31-43(52-44-21-10-8-17-36(44)38-25-23-34(29-46(38)52)32-13-4-2-5-14-32)28-27-40(48-41(50)19-12-20-42(48)51)49(31)53-45-22-11-9-18-37(45)39-26-24-35(30-47(39)53)33-15-6-3-7-16-33/h2-30H,1H3. The predicted molar refractivity (Wildman–Crippen MR) is 216 cm³/mol. The van der Waals surface area contributed by atoms with Crippen molar-refractivity contribution in [1.82, 2.24) is 9.13 Å². The molecule has 0 bridgehead atoms. The minimum Gasteiger partial charge on any atom is -0.309 e. The van der Waals surface area contributed by atoms with Gasteiger partial charge in [-0.3, -0.25) is 0 Å². The molecule has 0 amide bonds. The van der Waals surface area contributed by atoms with Crippen LogP contribution in [0, 0.1) is 18.6 Å². The van der Waals surface area contributed by atoms with E-state index in [-0.39, 0.29) is 5.56 Å². The van der Waals surface area contributed by atoms with Crippen LogP contribution in [0.5, 0.6) is 0 Å². The molecule has 2 nitrogen and oxygen atoms in total. The number of hydrogen-bond donors (Lipinski definition) is 0. The van der Waals surface area contributed by atoms with Crippen LogP contribution in [-0.4, -0.2) is 9.13 Å². The summed E-state index contributed by atoms with van der Waals surface area (Å²) in [6.45, 7) is 2.08. The lowest BCUT2D eigenvalue weighted by molar-refractivity contribution is 0.589. The van der Waals surface area contributed by atoms with E-state index in [1.165, 1.54) is 18.2 Å². The molecule has 2 aromatic heterocycles. The monoisotopic (exact) mass is 686 g/mol. The highest BCUT2D eigenvalue weighted by molar-refractivity contribution is 6.12. The van der Waals surface area contributed by atoms with E-state index < -0.39 is 11.6 Å². The Hall–Kier alpha value is -6.78. The van der Waals surface area contributed by atoms with E-state index in [9.17, 15) is 0 Å². The number of nitrogens with zero attached hydrogens (tertiary/aromatic N) is 2. The van der Waals surface area contributed by atoms with E-state index >= 15 is 8.78 Å². The molecule has 10 aromatic rings. The molecule has 8 aromatic carbocycles. The van der Waals surface area contributed by atoms with Crippen molar-refractivity contribution in [1.29, 1.82) is 0 Å². The minimum atomic E-state index is -0.603. The van der Waals surface area contributed by atoms with Gasteiger partial charge in [0.05, 0.1) is 39.0 Å². The first-order valence-electron chi connectivity index (χ1n) is 17.8. The van der Waals surface area contributed by atoms with Crippen molar-refractivity contribution in [3.63, 3.8) is 0 Å². The molecule has 0 spiro atoms. The fourth-order valence-corrected chi connectivity index (χ4v) is 8.24. The lowest BCUT2D eigenvalue weighted by Gasteiger charge is -2.22. The van der Waals surface area contributed by atoms with Crippen LogP contribution in [0.4, 0.5) is 8.78 Å². The zero-order valence-corrected chi connectivity index (χ0v) is 28.9. The van der Waals surface area contributed by atoms with Crippen molar-refractivity contribution in [3.8, 4) is 44.8 Å². The van der Waals surface area contributed by atoms with Crippen LogP contribution in [0.15, 0.2) is 176 Å². The van der Waals surface area contributed by atoms with Crippen molar-refractivity contribution in [2.45, 2.75) is 6.92 Å². The Morgan fingerprint density at radius 1 is 0.377 bits per heavy atom. The van der Waals surface area contributed by atoms with Crippen LogP contribution < -0.4 is 0 Å². The van der Waals surface area contributed by atoms with Gasteiger partial charge in [0.2, 0.25) is 0 Å². The summed E-state index contributed by atoms with van der Waals surface area (Å²) in [6.07, 6.45) is 0. The van der Waals surface area contributed by atoms with E-state index in [0.29, 0.717) is 5.56 Å². The van der Waals surface area contributed by atoms with E-state index in [1.807, 2.05) is 48.5 Å². The summed E-state index contributed by atoms with van der Waals surface area (Å²) in [5.41, 5.74) is 11.4. The van der Waals surface area contributed by atoms with Gasteiger partial charge >= 0.3 is 0 Å². The van der Waals surface area contributed by atoms with E-state index in [4.69, 9.17) is 0 Å². The van der Waals surface area contributed by atoms with Crippen LogP contribution in [0.25, 0.3) is 88.4 Å². The fraction of sp³-hybridized carbons (Fsp3) is 0.0204. The summed E-state index contributed by atoms with van der Waals surface area (Å²) in [7, 11) is 0. The van der Waals surface area contributed by atoms with Gasteiger partial charge in [0, 0.05) is 27.1 Å². The number of fused-ring (bicyclic) bond motifs is 6. The number of hydrogen-bond acceptors (Lipinski definition) is 0. The lowest BCUT2D eigenvalue weighted by Crippen LogP contribution is -2.07. The first-order valence-corrected chi connectivity index (χ1v) is 17.8. The SMILES string of the molecule is Cc1c(-n2c3ccccc3c3ccc(-c4ccccc4)cc32)ccc(-c2c(F)cccc2F)c1-n1c2ccccc2c2ccc(-c3ccccc3)cc21. The highest BCUT2D eigenvalue weighted by Crippen LogP contribution is 2.44. The maximum absolute atomic E-state index is 15.9. The molecule has 0 saturated carbocycles. The largest absolute Gasteiger partial charge is 0.309 e. The van der Waals surface area contributed by atoms with Crippen LogP contribution >= 0.6 is 0 Å². The highest BCUT2D eigenvalue weighted by Gasteiger charge is 2.25. The van der Waals surface area contributed by atoms with Gasteiger partial charge < -0.3 is 9.13 Å². The third-order valence-electron chi connectivity index (χ3n) is 10.7. The molecule has 0 aliphatic heterocycles. The van der Waals surface area contributed by atoms with Crippen LogP contribution in [0.2, 0.25) is 0 Å². The average Bonchev–Trinajstić information content (AvgIpc) is 3.70. The fourth-order valence-electron chi connectivity index (χ4n) is 8.24. The van der Waals surface area contributed by atoms with Gasteiger partial charge in [0.25, 0.3) is 0 Å². The van der Waals surface area contributed by atoms with E-state index in [1.54, 1.807) is 0 Å². The summed E-state index contributed by atoms with van der Waals surface area (Å²) < 4.78 is 36.4. The Bertz CT molecular complexity index is 3010. The zero-order chi connectivity index (χ0) is 35.6. The van der Waals surface area contributed by atoms with Gasteiger partial charge in [0.15, 0.2) is 0 Å². The third kappa shape index (κ3) is 4.83. The van der Waals surface area contributed by atoms with Crippen molar-refractivity contribution < 1.29 is 8.78 Å². The summed E-state index contributed by atoms with van der Waals surface area (Å²) in [5, 5.41) is 4.40. The molecule has 0 radical (unpaired) electrons. The molecule has 53 heavy (non-hydrogen) atoms. The molecule has 252 valence electrons. The number of aromatic nitrogens is 2. The molecular formula is C49H32F2N2. The summed E-state index contributed by atoms with van der Waals surface area (Å²) >= 11 is 0.